The van der Waals surface area contributed by atoms with E-state index in [1.54, 1.807) is 0 Å². The zero-order valence-corrected chi connectivity index (χ0v) is 18.2. The van der Waals surface area contributed by atoms with Gasteiger partial charge < -0.3 is 5.32 Å². The average molecular weight is 417 g/mol. The summed E-state index contributed by atoms with van der Waals surface area (Å²) in [6.45, 7) is 6.31. The average Bonchev–Trinajstić information content (AvgIpc) is 2.71. The van der Waals surface area contributed by atoms with Gasteiger partial charge in [-0.3, -0.25) is 4.98 Å². The standard InChI is InChI=1S/C25H21ClN2S/c1-15-10-17(3)22(11-16(15)2)25(29)21-9-8-19(12-23(21)26)28-24-14-27-13-18-6-4-5-7-20(18)24/h4-14,28H,1-3H3. The van der Waals surface area contributed by atoms with Gasteiger partial charge in [-0.1, -0.05) is 60.2 Å². The predicted molar refractivity (Wildman–Crippen MR) is 128 cm³/mol. The largest absolute Gasteiger partial charge is 0.354 e. The highest BCUT2D eigenvalue weighted by Crippen LogP contribution is 2.30. The van der Waals surface area contributed by atoms with Crippen LogP contribution in [0.4, 0.5) is 11.4 Å². The maximum atomic E-state index is 6.64. The topological polar surface area (TPSA) is 24.9 Å². The lowest BCUT2D eigenvalue weighted by Gasteiger charge is -2.14. The van der Waals surface area contributed by atoms with Gasteiger partial charge in [0.25, 0.3) is 0 Å². The van der Waals surface area contributed by atoms with Crippen LogP contribution in [-0.4, -0.2) is 9.85 Å². The Bertz CT molecular complexity index is 1240. The molecule has 1 N–H and O–H groups in total. The molecule has 0 radical (unpaired) electrons. The van der Waals surface area contributed by atoms with E-state index in [0.29, 0.717) is 5.02 Å². The van der Waals surface area contributed by atoms with E-state index in [9.17, 15) is 0 Å². The molecule has 29 heavy (non-hydrogen) atoms. The van der Waals surface area contributed by atoms with Crippen molar-refractivity contribution in [3.63, 3.8) is 0 Å². The van der Waals surface area contributed by atoms with E-state index in [4.69, 9.17) is 23.8 Å². The molecule has 0 saturated carbocycles. The van der Waals surface area contributed by atoms with E-state index in [-0.39, 0.29) is 0 Å². The van der Waals surface area contributed by atoms with Crippen LogP contribution in [0, 0.1) is 20.8 Å². The number of halogens is 1. The summed E-state index contributed by atoms with van der Waals surface area (Å²) in [5.41, 5.74) is 7.43. The Balaban J connectivity index is 1.66. The normalized spacial score (nSPS) is 10.9. The van der Waals surface area contributed by atoms with E-state index in [1.807, 2.05) is 48.8 Å². The van der Waals surface area contributed by atoms with Gasteiger partial charge in [-0.15, -0.1) is 0 Å². The number of thiocarbonyl (C=S) groups is 1. The third-order valence-electron chi connectivity index (χ3n) is 5.25. The van der Waals surface area contributed by atoms with Gasteiger partial charge in [0.1, 0.15) is 0 Å². The second kappa shape index (κ2) is 7.94. The predicted octanol–water partition coefficient (Wildman–Crippen LogP) is 7.32. The number of nitrogens with one attached hydrogen (secondary N) is 1. The van der Waals surface area contributed by atoms with Crippen LogP contribution < -0.4 is 5.32 Å². The molecule has 4 aromatic rings. The Hall–Kier alpha value is -2.75. The van der Waals surface area contributed by atoms with E-state index in [0.717, 1.165) is 43.7 Å². The second-order valence-corrected chi connectivity index (χ2v) is 8.12. The number of hydrogen-bond acceptors (Lipinski definition) is 3. The molecule has 0 aliphatic heterocycles. The van der Waals surface area contributed by atoms with Crippen molar-refractivity contribution >= 4 is 50.8 Å². The third kappa shape index (κ3) is 3.89. The molecule has 2 nitrogen and oxygen atoms in total. The first kappa shape index (κ1) is 19.6. The van der Waals surface area contributed by atoms with E-state index in [1.165, 1.54) is 11.1 Å². The molecule has 0 spiro atoms. The van der Waals surface area contributed by atoms with Crippen LogP contribution in [-0.2, 0) is 0 Å². The molecule has 1 heterocycles. The zero-order chi connectivity index (χ0) is 20.5. The van der Waals surface area contributed by atoms with Crippen molar-refractivity contribution in [2.75, 3.05) is 5.32 Å². The molecule has 3 aromatic carbocycles. The maximum absolute atomic E-state index is 6.64. The summed E-state index contributed by atoms with van der Waals surface area (Å²) in [4.78, 5) is 5.10. The molecular formula is C25H21ClN2S. The highest BCUT2D eigenvalue weighted by Gasteiger charge is 2.13. The highest BCUT2D eigenvalue weighted by atomic mass is 35.5. The number of benzene rings is 3. The number of aryl methyl sites for hydroxylation is 3. The number of fused-ring (bicyclic) bond motifs is 1. The summed E-state index contributed by atoms with van der Waals surface area (Å²) < 4.78 is 0. The van der Waals surface area contributed by atoms with Crippen molar-refractivity contribution in [3.05, 3.63) is 99.8 Å². The van der Waals surface area contributed by atoms with Crippen LogP contribution >= 0.6 is 23.8 Å². The first-order valence-electron chi connectivity index (χ1n) is 9.46. The van der Waals surface area contributed by atoms with Crippen LogP contribution in [0.2, 0.25) is 5.02 Å². The quantitative estimate of drug-likeness (QED) is 0.278. The van der Waals surface area contributed by atoms with Crippen LogP contribution in [0.25, 0.3) is 10.8 Å². The van der Waals surface area contributed by atoms with E-state index < -0.39 is 0 Å². The molecule has 0 aliphatic rings. The highest BCUT2D eigenvalue weighted by molar-refractivity contribution is 7.81. The fourth-order valence-corrected chi connectivity index (χ4v) is 4.23. The molecular weight excluding hydrogens is 396 g/mol. The van der Waals surface area contributed by atoms with Crippen molar-refractivity contribution in [2.24, 2.45) is 0 Å². The lowest BCUT2D eigenvalue weighted by Crippen LogP contribution is -2.05. The second-order valence-electron chi connectivity index (χ2n) is 7.31. The lowest BCUT2D eigenvalue weighted by atomic mass is 9.95. The van der Waals surface area contributed by atoms with Gasteiger partial charge in [-0.05, 0) is 61.2 Å². The minimum atomic E-state index is 0.630. The Labute approximate surface area is 181 Å². The molecule has 0 atom stereocenters. The number of rotatable bonds is 4. The van der Waals surface area contributed by atoms with Crippen molar-refractivity contribution in [1.82, 2.24) is 4.98 Å². The van der Waals surface area contributed by atoms with Crippen molar-refractivity contribution in [2.45, 2.75) is 20.8 Å². The Morgan fingerprint density at radius 2 is 1.62 bits per heavy atom. The van der Waals surface area contributed by atoms with Gasteiger partial charge in [-0.2, -0.15) is 0 Å². The minimum Gasteiger partial charge on any atom is -0.354 e. The van der Waals surface area contributed by atoms with Gasteiger partial charge in [0, 0.05) is 28.2 Å². The zero-order valence-electron chi connectivity index (χ0n) is 16.6. The number of nitrogens with zero attached hydrogens (tertiary/aromatic N) is 1. The molecule has 0 fully saturated rings. The molecule has 4 heteroatoms. The Kier molecular flexibility index (Phi) is 5.35. The summed E-state index contributed by atoms with van der Waals surface area (Å²) >= 11 is 12.4. The number of aromatic nitrogens is 1. The lowest BCUT2D eigenvalue weighted by molar-refractivity contribution is 1.29. The number of hydrogen-bond donors (Lipinski definition) is 1. The van der Waals surface area contributed by atoms with E-state index >= 15 is 0 Å². The minimum absolute atomic E-state index is 0.630. The van der Waals surface area contributed by atoms with Crippen molar-refractivity contribution < 1.29 is 0 Å². The van der Waals surface area contributed by atoms with Crippen LogP contribution in [0.15, 0.2) is 67.0 Å². The van der Waals surface area contributed by atoms with Gasteiger partial charge >= 0.3 is 0 Å². The first-order valence-corrected chi connectivity index (χ1v) is 10.2. The van der Waals surface area contributed by atoms with Crippen LogP contribution in [0.1, 0.15) is 27.8 Å². The van der Waals surface area contributed by atoms with Gasteiger partial charge in [0.15, 0.2) is 0 Å². The smallest absolute Gasteiger partial charge is 0.0650 e. The summed E-state index contributed by atoms with van der Waals surface area (Å²) in [6, 6.07) is 18.4. The van der Waals surface area contributed by atoms with Gasteiger partial charge in [-0.25, -0.2) is 0 Å². The van der Waals surface area contributed by atoms with Gasteiger partial charge in [0.05, 0.1) is 21.8 Å². The van der Waals surface area contributed by atoms with Crippen molar-refractivity contribution in [3.8, 4) is 0 Å². The SMILES string of the molecule is Cc1cc(C)c(C(=S)c2ccc(Nc3cncc4ccccc34)cc2Cl)cc1C. The third-order valence-corrected chi connectivity index (χ3v) is 6.00. The molecule has 1 aromatic heterocycles. The maximum Gasteiger partial charge on any atom is 0.0650 e. The summed E-state index contributed by atoms with van der Waals surface area (Å²) in [5.74, 6) is 0. The van der Waals surface area contributed by atoms with Crippen LogP contribution in [0.3, 0.4) is 0 Å². The molecule has 4 rings (SSSR count). The summed E-state index contributed by atoms with van der Waals surface area (Å²) in [6.07, 6.45) is 3.69. The van der Waals surface area contributed by atoms with Crippen LogP contribution in [0.5, 0.6) is 0 Å². The van der Waals surface area contributed by atoms with E-state index in [2.05, 4.69) is 49.3 Å². The number of anilines is 2. The number of pyridine rings is 1. The monoisotopic (exact) mass is 416 g/mol. The first-order chi connectivity index (χ1) is 13.9. The molecule has 0 amide bonds. The molecule has 0 saturated heterocycles. The van der Waals surface area contributed by atoms with Gasteiger partial charge in [0.2, 0.25) is 0 Å². The fourth-order valence-electron chi connectivity index (χ4n) is 3.50. The Morgan fingerprint density at radius 3 is 2.41 bits per heavy atom. The summed E-state index contributed by atoms with van der Waals surface area (Å²) in [7, 11) is 0. The molecule has 0 unspecified atom stereocenters. The fraction of sp³-hybridized carbons (Fsp3) is 0.120. The van der Waals surface area contributed by atoms with Crippen molar-refractivity contribution in [1.29, 1.82) is 0 Å². The summed E-state index contributed by atoms with van der Waals surface area (Å²) in [5, 5.41) is 6.27. The Morgan fingerprint density at radius 1 is 0.862 bits per heavy atom. The molecule has 144 valence electrons. The molecule has 0 aliphatic carbocycles. The molecule has 0 bridgehead atoms.